The van der Waals surface area contributed by atoms with Gasteiger partial charge < -0.3 is 9.15 Å². The fourth-order valence-corrected chi connectivity index (χ4v) is 5.01. The molecule has 0 atom stereocenters. The standard InChI is InChI=1S/C21H23N3O7S2/c1-14(2)33(28,29)18-8-4-15(5-9-18)12-20-23-24-21(31-20)22-19(25)13-32(26,27)17-10-6-16(30-3)7-11-17/h4-11,14H,12-13H2,1-3H3,(H,22,24,25). The van der Waals surface area contributed by atoms with Crippen LogP contribution in [0.1, 0.15) is 25.3 Å². The van der Waals surface area contributed by atoms with Crippen molar-refractivity contribution < 1.29 is 30.8 Å². The third-order valence-electron chi connectivity index (χ3n) is 4.68. The van der Waals surface area contributed by atoms with E-state index in [4.69, 9.17) is 9.15 Å². The van der Waals surface area contributed by atoms with Gasteiger partial charge in [0.1, 0.15) is 11.5 Å². The van der Waals surface area contributed by atoms with E-state index in [1.165, 1.54) is 43.5 Å². The van der Waals surface area contributed by atoms with E-state index >= 15 is 0 Å². The molecular formula is C21H23N3O7S2. The summed E-state index contributed by atoms with van der Waals surface area (Å²) in [6.07, 6.45) is 0.203. The summed E-state index contributed by atoms with van der Waals surface area (Å²) >= 11 is 0. The molecule has 0 aliphatic rings. The first-order chi connectivity index (χ1) is 15.5. The Balaban J connectivity index is 1.61. The normalized spacial score (nSPS) is 12.0. The second-order valence-electron chi connectivity index (χ2n) is 7.40. The lowest BCUT2D eigenvalue weighted by atomic mass is 10.1. The van der Waals surface area contributed by atoms with Crippen LogP contribution in [-0.4, -0.2) is 51.1 Å². The van der Waals surface area contributed by atoms with Crippen molar-refractivity contribution in [2.45, 2.75) is 35.3 Å². The average molecular weight is 494 g/mol. The molecule has 0 radical (unpaired) electrons. The Kier molecular flexibility index (Phi) is 7.18. The quantitative estimate of drug-likeness (QED) is 0.474. The SMILES string of the molecule is COc1ccc(S(=O)(=O)CC(=O)Nc2nnc(Cc3ccc(S(=O)(=O)C(C)C)cc3)o2)cc1. The molecule has 1 amide bonds. The monoisotopic (exact) mass is 493 g/mol. The topological polar surface area (TPSA) is 146 Å². The van der Waals surface area contributed by atoms with Crippen LogP contribution in [0.15, 0.2) is 62.7 Å². The van der Waals surface area contributed by atoms with Crippen molar-refractivity contribution in [3.05, 3.63) is 60.0 Å². The van der Waals surface area contributed by atoms with Crippen molar-refractivity contribution in [2.24, 2.45) is 0 Å². The lowest BCUT2D eigenvalue weighted by molar-refractivity contribution is -0.114. The molecular weight excluding hydrogens is 470 g/mol. The van der Waals surface area contributed by atoms with Crippen LogP contribution in [0.5, 0.6) is 5.75 Å². The molecule has 176 valence electrons. The van der Waals surface area contributed by atoms with Crippen LogP contribution in [0.2, 0.25) is 0 Å². The van der Waals surface area contributed by atoms with Gasteiger partial charge in [-0.2, -0.15) is 0 Å². The molecule has 0 spiro atoms. The molecule has 33 heavy (non-hydrogen) atoms. The molecule has 0 saturated carbocycles. The molecule has 0 unspecified atom stereocenters. The average Bonchev–Trinajstić information content (AvgIpc) is 3.20. The predicted octanol–water partition coefficient (Wildman–Crippen LogP) is 2.26. The minimum atomic E-state index is -3.88. The van der Waals surface area contributed by atoms with Crippen molar-refractivity contribution in [3.8, 4) is 5.75 Å². The number of rotatable bonds is 9. The van der Waals surface area contributed by atoms with E-state index in [2.05, 4.69) is 15.5 Å². The van der Waals surface area contributed by atoms with Gasteiger partial charge in [-0.3, -0.25) is 10.1 Å². The molecule has 1 aromatic heterocycles. The number of carbonyl (C=O) groups is 1. The molecule has 0 aliphatic heterocycles. The zero-order chi connectivity index (χ0) is 24.2. The van der Waals surface area contributed by atoms with Gasteiger partial charge in [0, 0.05) is 0 Å². The highest BCUT2D eigenvalue weighted by Crippen LogP contribution is 2.19. The summed E-state index contributed by atoms with van der Waals surface area (Å²) in [4.78, 5) is 12.4. The van der Waals surface area contributed by atoms with E-state index in [0.29, 0.717) is 5.75 Å². The number of hydrogen-bond donors (Lipinski definition) is 1. The first-order valence-electron chi connectivity index (χ1n) is 9.83. The lowest BCUT2D eigenvalue weighted by Gasteiger charge is -2.08. The summed E-state index contributed by atoms with van der Waals surface area (Å²) in [6, 6.07) is 11.7. The van der Waals surface area contributed by atoms with Crippen molar-refractivity contribution >= 4 is 31.6 Å². The van der Waals surface area contributed by atoms with E-state index in [1.807, 2.05) is 0 Å². The van der Waals surface area contributed by atoms with Crippen molar-refractivity contribution in [2.75, 3.05) is 18.2 Å². The van der Waals surface area contributed by atoms with Gasteiger partial charge in [0.2, 0.25) is 11.8 Å². The van der Waals surface area contributed by atoms with E-state index in [1.54, 1.807) is 26.0 Å². The molecule has 3 aromatic rings. The second kappa shape index (κ2) is 9.71. The Morgan fingerprint density at radius 2 is 1.58 bits per heavy atom. The van der Waals surface area contributed by atoms with Gasteiger partial charge in [-0.15, -0.1) is 5.10 Å². The van der Waals surface area contributed by atoms with Crippen molar-refractivity contribution in [1.82, 2.24) is 10.2 Å². The maximum Gasteiger partial charge on any atom is 0.322 e. The molecule has 0 aliphatic carbocycles. The summed E-state index contributed by atoms with van der Waals surface area (Å²) < 4.78 is 59.6. The van der Waals surface area contributed by atoms with Gasteiger partial charge in [0.05, 0.1) is 28.6 Å². The zero-order valence-electron chi connectivity index (χ0n) is 18.2. The molecule has 10 nitrogen and oxygen atoms in total. The van der Waals surface area contributed by atoms with Gasteiger partial charge in [-0.05, 0) is 55.8 Å². The van der Waals surface area contributed by atoms with E-state index in [-0.39, 0.29) is 28.1 Å². The number of ether oxygens (including phenoxy) is 1. The van der Waals surface area contributed by atoms with Crippen LogP contribution in [0, 0.1) is 0 Å². The Bertz CT molecular complexity index is 1330. The minimum Gasteiger partial charge on any atom is -0.497 e. The van der Waals surface area contributed by atoms with Crippen LogP contribution in [0.3, 0.4) is 0 Å². The molecule has 3 rings (SSSR count). The van der Waals surface area contributed by atoms with E-state index in [9.17, 15) is 21.6 Å². The molecule has 2 aromatic carbocycles. The molecule has 0 saturated heterocycles. The minimum absolute atomic E-state index is 0.0207. The third-order valence-corrected chi connectivity index (χ3v) is 8.48. The van der Waals surface area contributed by atoms with Gasteiger partial charge >= 0.3 is 6.01 Å². The largest absolute Gasteiger partial charge is 0.497 e. The third kappa shape index (κ3) is 5.96. The van der Waals surface area contributed by atoms with Crippen LogP contribution >= 0.6 is 0 Å². The number of nitrogens with one attached hydrogen (secondary N) is 1. The highest BCUT2D eigenvalue weighted by Gasteiger charge is 2.22. The molecule has 0 bridgehead atoms. The number of methoxy groups -OCH3 is 1. The number of carbonyl (C=O) groups excluding carboxylic acids is 1. The predicted molar refractivity (Wildman–Crippen MR) is 120 cm³/mol. The first kappa shape index (κ1) is 24.4. The summed E-state index contributed by atoms with van der Waals surface area (Å²) in [7, 11) is -5.78. The smallest absolute Gasteiger partial charge is 0.322 e. The van der Waals surface area contributed by atoms with Crippen molar-refractivity contribution in [1.29, 1.82) is 0 Å². The molecule has 12 heteroatoms. The van der Waals surface area contributed by atoms with Crippen LogP contribution in [0.4, 0.5) is 6.01 Å². The van der Waals surface area contributed by atoms with E-state index in [0.717, 1.165) is 5.56 Å². The van der Waals surface area contributed by atoms with Gasteiger partial charge in [-0.1, -0.05) is 17.2 Å². The Hall–Kier alpha value is -3.25. The van der Waals surface area contributed by atoms with Crippen LogP contribution in [0.25, 0.3) is 0 Å². The Morgan fingerprint density at radius 3 is 2.15 bits per heavy atom. The summed E-state index contributed by atoms with van der Waals surface area (Å²) in [5.74, 6) is -0.969. The number of anilines is 1. The molecule has 0 fully saturated rings. The number of aromatic nitrogens is 2. The lowest BCUT2D eigenvalue weighted by Crippen LogP contribution is -2.23. The van der Waals surface area contributed by atoms with E-state index < -0.39 is 36.6 Å². The fraction of sp³-hybridized carbons (Fsp3) is 0.286. The summed E-state index contributed by atoms with van der Waals surface area (Å²) in [5.41, 5.74) is 0.723. The summed E-state index contributed by atoms with van der Waals surface area (Å²) in [6.45, 7) is 3.22. The van der Waals surface area contributed by atoms with Gasteiger partial charge in [-0.25, -0.2) is 16.8 Å². The van der Waals surface area contributed by atoms with Crippen LogP contribution in [-0.2, 0) is 30.9 Å². The zero-order valence-corrected chi connectivity index (χ0v) is 19.8. The number of nitrogens with zero attached hydrogens (tertiary/aromatic N) is 2. The van der Waals surface area contributed by atoms with Gasteiger partial charge in [0.15, 0.2) is 19.7 Å². The number of sulfone groups is 2. The Labute approximate surface area is 191 Å². The maximum absolute atomic E-state index is 12.4. The van der Waals surface area contributed by atoms with Crippen molar-refractivity contribution in [3.63, 3.8) is 0 Å². The maximum atomic E-state index is 12.4. The molecule has 1 N–H and O–H groups in total. The van der Waals surface area contributed by atoms with Gasteiger partial charge in [0.25, 0.3) is 0 Å². The molecule has 1 heterocycles. The Morgan fingerprint density at radius 1 is 0.970 bits per heavy atom. The summed E-state index contributed by atoms with van der Waals surface area (Å²) in [5, 5.41) is 9.27. The number of hydrogen-bond acceptors (Lipinski definition) is 9. The second-order valence-corrected chi connectivity index (χ2v) is 11.9. The first-order valence-corrected chi connectivity index (χ1v) is 13.0. The number of amides is 1. The number of benzene rings is 2. The fourth-order valence-electron chi connectivity index (χ4n) is 2.81. The van der Waals surface area contributed by atoms with Crippen LogP contribution < -0.4 is 10.1 Å². The highest BCUT2D eigenvalue weighted by atomic mass is 32.2. The highest BCUT2D eigenvalue weighted by molar-refractivity contribution is 7.92.